The van der Waals surface area contributed by atoms with Crippen LogP contribution in [0.1, 0.15) is 22.5 Å². The minimum absolute atomic E-state index is 0.156. The number of carbonyl (C=O) groups is 2. The number of carbonyl (C=O) groups excluding carboxylic acids is 2. The van der Waals surface area contributed by atoms with Crippen molar-refractivity contribution >= 4 is 33.1 Å². The minimum atomic E-state index is -3.79. The van der Waals surface area contributed by atoms with Crippen molar-refractivity contribution in [3.05, 3.63) is 22.4 Å². The molecule has 0 spiro atoms. The molecule has 24 heavy (non-hydrogen) atoms. The molecule has 0 saturated carbocycles. The Balaban J connectivity index is 2.16. The van der Waals surface area contributed by atoms with E-state index in [-0.39, 0.29) is 12.8 Å². The fraction of sp³-hybridized carbons (Fsp3) is 0.538. The van der Waals surface area contributed by atoms with E-state index >= 15 is 0 Å². The Kier molecular flexibility index (Phi) is 6.06. The molecule has 3 atom stereocenters. The Hall–Kier alpha value is -1.37. The van der Waals surface area contributed by atoms with Crippen molar-refractivity contribution in [2.45, 2.75) is 25.3 Å². The molecule has 0 bridgehead atoms. The maximum absolute atomic E-state index is 12.6. The van der Waals surface area contributed by atoms with E-state index in [2.05, 4.69) is 5.32 Å². The maximum Gasteiger partial charge on any atom is 0.245 e. The normalized spacial score (nSPS) is 24.5. The van der Waals surface area contributed by atoms with E-state index in [9.17, 15) is 28.2 Å². The Morgan fingerprint density at radius 1 is 1.42 bits per heavy atom. The van der Waals surface area contributed by atoms with Gasteiger partial charge in [0.15, 0.2) is 5.78 Å². The first-order chi connectivity index (χ1) is 11.2. The molecule has 11 heteroatoms. The van der Waals surface area contributed by atoms with E-state index in [0.29, 0.717) is 9.89 Å². The minimum Gasteiger partial charge on any atom is -0.379 e. The number of hydrogen-bond donors (Lipinski definition) is 4. The third-order valence-corrected chi connectivity index (χ3v) is 4.92. The van der Waals surface area contributed by atoms with Gasteiger partial charge in [-0.1, -0.05) is 6.07 Å². The first kappa shape index (κ1) is 19.0. The molecule has 1 amide bonds. The number of sulfonamides is 1. The zero-order chi connectivity index (χ0) is 17.9. The molecular weight excluding hydrogens is 358 g/mol. The second kappa shape index (κ2) is 7.68. The van der Waals surface area contributed by atoms with Crippen molar-refractivity contribution in [2.24, 2.45) is 5.92 Å². The zero-order valence-corrected chi connectivity index (χ0v) is 14.5. The summed E-state index contributed by atoms with van der Waals surface area (Å²) in [5.41, 5.74) is 0. The highest BCUT2D eigenvalue weighted by Crippen LogP contribution is 2.20. The predicted octanol–water partition coefficient (Wildman–Crippen LogP) is -1.14. The number of hydrazine groups is 1. The average Bonchev–Trinajstić information content (AvgIpc) is 2.98. The van der Waals surface area contributed by atoms with Gasteiger partial charge in [0.05, 0.1) is 17.1 Å². The van der Waals surface area contributed by atoms with Gasteiger partial charge >= 0.3 is 0 Å². The number of rotatable bonds is 6. The molecule has 2 rings (SSSR count). The van der Waals surface area contributed by atoms with Crippen LogP contribution in [-0.4, -0.2) is 60.6 Å². The molecule has 1 aliphatic heterocycles. The summed E-state index contributed by atoms with van der Waals surface area (Å²) in [5.74, 6) is -2.14. The largest absolute Gasteiger partial charge is 0.379 e. The van der Waals surface area contributed by atoms with Crippen LogP contribution in [0.3, 0.4) is 0 Å². The van der Waals surface area contributed by atoms with Gasteiger partial charge in [0, 0.05) is 0 Å². The third kappa shape index (κ3) is 5.06. The highest BCUT2D eigenvalue weighted by Gasteiger charge is 2.37. The number of amides is 1. The highest BCUT2D eigenvalue weighted by atomic mass is 32.2. The number of nitrogens with one attached hydrogen (secondary N) is 2. The molecule has 1 aliphatic rings. The molecule has 0 aromatic carbocycles. The van der Waals surface area contributed by atoms with Crippen LogP contribution in [0.25, 0.3) is 0 Å². The summed E-state index contributed by atoms with van der Waals surface area (Å²) < 4.78 is 23.0. The second-order valence-corrected chi connectivity index (χ2v) is 8.17. The number of piperidine rings is 1. The molecule has 3 unspecified atom stereocenters. The van der Waals surface area contributed by atoms with Crippen LogP contribution in [0.2, 0.25) is 0 Å². The van der Waals surface area contributed by atoms with Crippen molar-refractivity contribution < 1.29 is 28.2 Å². The second-order valence-electron chi connectivity index (χ2n) is 5.50. The Bertz CT molecular complexity index is 691. The van der Waals surface area contributed by atoms with Gasteiger partial charge in [-0.2, -0.15) is 0 Å². The van der Waals surface area contributed by atoms with Crippen molar-refractivity contribution in [1.82, 2.24) is 15.2 Å². The number of Topliss-reactive ketones (excluding diaryl/α,β-unsaturated/α-hetero) is 1. The van der Waals surface area contributed by atoms with Gasteiger partial charge in [0.2, 0.25) is 15.9 Å². The fourth-order valence-corrected chi connectivity index (χ4v) is 3.58. The SMILES string of the molecule is CS(=O)(=O)NN(CC(=O)c1cccs1)C(=O)C1CCC(O)NC1O. The van der Waals surface area contributed by atoms with Crippen LogP contribution < -0.4 is 10.1 Å². The molecule has 134 valence electrons. The van der Waals surface area contributed by atoms with Crippen LogP contribution in [0.5, 0.6) is 0 Å². The molecule has 1 fully saturated rings. The zero-order valence-electron chi connectivity index (χ0n) is 12.9. The van der Waals surface area contributed by atoms with Crippen LogP contribution >= 0.6 is 11.3 Å². The Morgan fingerprint density at radius 3 is 2.67 bits per heavy atom. The maximum atomic E-state index is 12.6. The topological polar surface area (TPSA) is 136 Å². The summed E-state index contributed by atoms with van der Waals surface area (Å²) in [6, 6.07) is 3.24. The van der Waals surface area contributed by atoms with E-state index in [1.807, 2.05) is 4.83 Å². The van der Waals surface area contributed by atoms with E-state index in [1.54, 1.807) is 17.5 Å². The number of aliphatic hydroxyl groups excluding tert-OH is 2. The van der Waals surface area contributed by atoms with Crippen LogP contribution in [0.4, 0.5) is 0 Å². The van der Waals surface area contributed by atoms with Crippen LogP contribution in [0.15, 0.2) is 17.5 Å². The quantitative estimate of drug-likeness (QED) is 0.363. The van der Waals surface area contributed by atoms with Gasteiger partial charge in [-0.05, 0) is 24.3 Å². The summed E-state index contributed by atoms with van der Waals surface area (Å²) in [7, 11) is -3.79. The van der Waals surface area contributed by atoms with Crippen LogP contribution in [0, 0.1) is 5.92 Å². The highest BCUT2D eigenvalue weighted by molar-refractivity contribution is 7.88. The summed E-state index contributed by atoms with van der Waals surface area (Å²) in [6.45, 7) is -0.488. The smallest absolute Gasteiger partial charge is 0.245 e. The summed E-state index contributed by atoms with van der Waals surface area (Å²) in [5, 5.41) is 24.1. The first-order valence-electron chi connectivity index (χ1n) is 7.15. The summed E-state index contributed by atoms with van der Waals surface area (Å²) in [6.07, 6.45) is -1.03. The third-order valence-electron chi connectivity index (χ3n) is 3.45. The van der Waals surface area contributed by atoms with Crippen molar-refractivity contribution in [1.29, 1.82) is 0 Å². The van der Waals surface area contributed by atoms with Gasteiger partial charge in [0.25, 0.3) is 0 Å². The van der Waals surface area contributed by atoms with Gasteiger partial charge < -0.3 is 10.2 Å². The lowest BCUT2D eigenvalue weighted by Crippen LogP contribution is -2.57. The Labute approximate surface area is 143 Å². The van der Waals surface area contributed by atoms with Crippen molar-refractivity contribution in [3.63, 3.8) is 0 Å². The fourth-order valence-electron chi connectivity index (χ4n) is 2.36. The van der Waals surface area contributed by atoms with Gasteiger partial charge in [-0.15, -0.1) is 16.2 Å². The lowest BCUT2D eigenvalue weighted by atomic mass is 9.95. The van der Waals surface area contributed by atoms with Gasteiger partial charge in [0.1, 0.15) is 19.0 Å². The molecule has 4 N–H and O–H groups in total. The average molecular weight is 377 g/mol. The summed E-state index contributed by atoms with van der Waals surface area (Å²) in [4.78, 5) is 27.2. The van der Waals surface area contributed by atoms with E-state index in [0.717, 1.165) is 6.26 Å². The predicted molar refractivity (Wildman–Crippen MR) is 86.2 cm³/mol. The monoisotopic (exact) mass is 377 g/mol. The van der Waals surface area contributed by atoms with E-state index in [4.69, 9.17) is 0 Å². The Morgan fingerprint density at radius 2 is 2.12 bits per heavy atom. The lowest BCUT2D eigenvalue weighted by molar-refractivity contribution is -0.146. The molecular formula is C13H19N3O6S2. The first-order valence-corrected chi connectivity index (χ1v) is 9.92. The van der Waals surface area contributed by atoms with Crippen LogP contribution in [-0.2, 0) is 14.8 Å². The molecule has 9 nitrogen and oxygen atoms in total. The molecule has 1 saturated heterocycles. The molecule has 1 aromatic heterocycles. The standard InChI is InChI=1S/C13H19N3O6S2/c1-24(21,22)15-16(7-9(17)10-3-2-6-23-10)13(20)8-4-5-11(18)14-12(8)19/h2-3,6,8,11-12,14-15,18-19H,4-5,7H2,1H3. The molecule has 0 aliphatic carbocycles. The number of nitrogens with zero attached hydrogens (tertiary/aromatic N) is 1. The number of hydrogen-bond acceptors (Lipinski definition) is 8. The molecule has 0 radical (unpaired) electrons. The number of ketones is 1. The van der Waals surface area contributed by atoms with Gasteiger partial charge in [-0.3, -0.25) is 19.9 Å². The van der Waals surface area contributed by atoms with E-state index in [1.165, 1.54) is 11.3 Å². The molecule has 1 aromatic rings. The van der Waals surface area contributed by atoms with Crippen molar-refractivity contribution in [3.8, 4) is 0 Å². The van der Waals surface area contributed by atoms with Gasteiger partial charge in [-0.25, -0.2) is 8.42 Å². The lowest BCUT2D eigenvalue weighted by Gasteiger charge is -2.34. The number of aliphatic hydroxyl groups is 2. The number of thiophene rings is 1. The molecule has 2 heterocycles. The van der Waals surface area contributed by atoms with Crippen molar-refractivity contribution in [2.75, 3.05) is 12.8 Å². The van der Waals surface area contributed by atoms with E-state index < -0.39 is 46.6 Å². The summed E-state index contributed by atoms with van der Waals surface area (Å²) >= 11 is 1.18.